The lowest BCUT2D eigenvalue weighted by Gasteiger charge is -2.27. The normalized spacial score (nSPS) is 22.3. The number of halogens is 1. The number of aliphatic carboxylic acids is 1. The molecule has 1 aliphatic carbocycles. The molecule has 10 nitrogen and oxygen atoms in total. The van der Waals surface area contributed by atoms with Crippen molar-refractivity contribution in [3.8, 4) is 5.75 Å². The number of carboxylic acids is 1. The average Bonchev–Trinajstić information content (AvgIpc) is 3.22. The van der Waals surface area contributed by atoms with E-state index in [4.69, 9.17) is 16.6 Å². The van der Waals surface area contributed by atoms with Crippen LogP contribution in [0.2, 0.25) is 0 Å². The van der Waals surface area contributed by atoms with Gasteiger partial charge in [-0.25, -0.2) is 0 Å². The maximum absolute atomic E-state index is 13.0. The number of benzene rings is 1. The minimum Gasteiger partial charge on any atom is -0.507 e. The van der Waals surface area contributed by atoms with E-state index in [1.165, 1.54) is 26.2 Å². The number of carbonyl (C=O) groups is 3. The molecule has 1 heterocycles. The molecule has 0 bridgehead atoms. The number of carboxylic acid groups (broad SMARTS) is 1. The van der Waals surface area contributed by atoms with Crippen molar-refractivity contribution in [2.45, 2.75) is 64.1 Å². The summed E-state index contributed by atoms with van der Waals surface area (Å²) in [6, 6.07) is 3.68. The largest absolute Gasteiger partial charge is 0.507 e. The zero-order valence-electron chi connectivity index (χ0n) is 20.0. The van der Waals surface area contributed by atoms with Crippen LogP contribution in [0.5, 0.6) is 5.75 Å². The number of carbonyl (C=O) groups excluding carboxylic acids is 2. The molecule has 1 unspecified atom stereocenters. The van der Waals surface area contributed by atoms with E-state index in [9.17, 15) is 19.5 Å². The van der Waals surface area contributed by atoms with Crippen LogP contribution in [0.1, 0.15) is 56.6 Å². The van der Waals surface area contributed by atoms with Crippen LogP contribution in [0.4, 0.5) is 0 Å². The van der Waals surface area contributed by atoms with E-state index in [0.29, 0.717) is 24.8 Å². The number of likely N-dealkylation sites (tertiary alicyclic amines) is 1. The van der Waals surface area contributed by atoms with E-state index in [1.54, 1.807) is 18.2 Å². The molecule has 11 heteroatoms. The number of aromatic hydroxyl groups is 1. The smallest absolute Gasteiger partial charge is 0.325 e. The number of rotatable bonds is 8. The van der Waals surface area contributed by atoms with Crippen LogP contribution in [0.3, 0.4) is 0 Å². The van der Waals surface area contributed by atoms with Gasteiger partial charge in [-0.05, 0) is 42.9 Å². The molecule has 35 heavy (non-hydrogen) atoms. The number of imide groups is 1. The number of aliphatic imine (C=N–C) groups is 1. The van der Waals surface area contributed by atoms with Crippen molar-refractivity contribution >= 4 is 36.0 Å². The minimum atomic E-state index is -1.12. The molecule has 0 spiro atoms. The lowest BCUT2D eigenvalue weighted by atomic mass is 9.79. The molecule has 1 aromatic carbocycles. The number of amidine groups is 1. The summed E-state index contributed by atoms with van der Waals surface area (Å²) in [5.41, 5.74) is 12.5. The summed E-state index contributed by atoms with van der Waals surface area (Å²) >= 11 is 0. The van der Waals surface area contributed by atoms with Gasteiger partial charge in [0, 0.05) is 13.1 Å². The van der Waals surface area contributed by atoms with Crippen LogP contribution >= 0.6 is 12.4 Å². The van der Waals surface area contributed by atoms with Gasteiger partial charge in [-0.1, -0.05) is 38.2 Å². The molecule has 1 saturated heterocycles. The Kier molecular flexibility index (Phi) is 10.5. The Bertz CT molecular complexity index is 948. The molecular formula is C24H36ClN5O5. The molecule has 1 aliphatic heterocycles. The van der Waals surface area contributed by atoms with E-state index in [0.717, 1.165) is 24.9 Å². The van der Waals surface area contributed by atoms with E-state index >= 15 is 0 Å². The molecule has 0 aromatic heterocycles. The van der Waals surface area contributed by atoms with Crippen molar-refractivity contribution in [2.75, 3.05) is 13.1 Å². The van der Waals surface area contributed by atoms with Gasteiger partial charge in [0.15, 0.2) is 0 Å². The van der Waals surface area contributed by atoms with Crippen molar-refractivity contribution < 1.29 is 24.6 Å². The lowest BCUT2D eigenvalue weighted by molar-refractivity contribution is -0.135. The van der Waals surface area contributed by atoms with Gasteiger partial charge in [-0.15, -0.1) is 12.4 Å². The molecule has 2 fully saturated rings. The number of nitrogens with one attached hydrogen (secondary N) is 1. The van der Waals surface area contributed by atoms with Gasteiger partial charge in [-0.2, -0.15) is 0 Å². The van der Waals surface area contributed by atoms with E-state index < -0.39 is 30.5 Å². The highest BCUT2D eigenvalue weighted by molar-refractivity contribution is 6.01. The second-order valence-electron chi connectivity index (χ2n) is 9.43. The summed E-state index contributed by atoms with van der Waals surface area (Å²) in [6.07, 6.45) is 6.68. The minimum absolute atomic E-state index is 0. The quantitative estimate of drug-likeness (QED) is 0.258. The monoisotopic (exact) mass is 509 g/mol. The Hall–Kier alpha value is -2.69. The zero-order valence-corrected chi connectivity index (χ0v) is 20.8. The summed E-state index contributed by atoms with van der Waals surface area (Å²) in [7, 11) is 0. The van der Waals surface area contributed by atoms with Crippen molar-refractivity contribution in [3.63, 3.8) is 0 Å². The molecule has 194 valence electrons. The van der Waals surface area contributed by atoms with Gasteiger partial charge >= 0.3 is 5.97 Å². The number of nitrogens with two attached hydrogens (primary N) is 2. The number of hydrogen-bond donors (Lipinski definition) is 5. The first kappa shape index (κ1) is 28.5. The molecule has 2 aliphatic rings. The summed E-state index contributed by atoms with van der Waals surface area (Å²) in [6.45, 7) is 2.20. The number of amides is 2. The Morgan fingerprint density at radius 2 is 1.89 bits per heavy atom. The fourth-order valence-electron chi connectivity index (χ4n) is 5.02. The van der Waals surface area contributed by atoms with Crippen LogP contribution in [0.15, 0.2) is 23.2 Å². The zero-order chi connectivity index (χ0) is 24.8. The number of hydrogen-bond acceptors (Lipinski definition) is 7. The Morgan fingerprint density at radius 3 is 2.49 bits per heavy atom. The van der Waals surface area contributed by atoms with Gasteiger partial charge in [0.05, 0.1) is 17.6 Å². The summed E-state index contributed by atoms with van der Waals surface area (Å²) in [5, 5.41) is 21.7. The standard InChI is InChI=1S/C24H35N5O5.ClH/c1-14(25)23(33)28-24(34)19-10-17(16-5-3-2-4-6-16)13-29(19)12-15-7-8-18(20(30)9-15)22(26)27-11-21(31)32;/h7-9,14,16-17,19,30H,2-6,10-13,25H2,1H3,(H2,26,27)(H,31,32)(H,28,33,34);1H/t14-,17?,19-;/m0./s1. The highest BCUT2D eigenvalue weighted by Gasteiger charge is 2.40. The Balaban J connectivity index is 0.00000432. The van der Waals surface area contributed by atoms with Crippen LogP contribution in [-0.4, -0.2) is 63.9 Å². The molecular weight excluding hydrogens is 474 g/mol. The lowest BCUT2D eigenvalue weighted by Crippen LogP contribution is -2.49. The summed E-state index contributed by atoms with van der Waals surface area (Å²) < 4.78 is 0. The molecule has 1 aromatic rings. The van der Waals surface area contributed by atoms with Gasteiger partial charge in [-0.3, -0.25) is 29.6 Å². The van der Waals surface area contributed by atoms with Gasteiger partial charge in [0.2, 0.25) is 11.8 Å². The van der Waals surface area contributed by atoms with Crippen LogP contribution < -0.4 is 16.8 Å². The van der Waals surface area contributed by atoms with Crippen LogP contribution in [-0.2, 0) is 20.9 Å². The van der Waals surface area contributed by atoms with E-state index in [1.807, 2.05) is 0 Å². The first-order chi connectivity index (χ1) is 16.2. The number of nitrogens with zero attached hydrogens (tertiary/aromatic N) is 2. The first-order valence-corrected chi connectivity index (χ1v) is 11.8. The van der Waals surface area contributed by atoms with Crippen LogP contribution in [0.25, 0.3) is 0 Å². The summed E-state index contributed by atoms with van der Waals surface area (Å²) in [5.74, 6) is -1.19. The Labute approximate surface area is 211 Å². The van der Waals surface area contributed by atoms with Gasteiger partial charge < -0.3 is 21.7 Å². The second-order valence-corrected chi connectivity index (χ2v) is 9.43. The predicted octanol–water partition coefficient (Wildman–Crippen LogP) is 1.36. The molecule has 0 radical (unpaired) electrons. The second kappa shape index (κ2) is 12.9. The maximum Gasteiger partial charge on any atom is 0.325 e. The first-order valence-electron chi connectivity index (χ1n) is 11.8. The highest BCUT2D eigenvalue weighted by atomic mass is 35.5. The molecule has 1 saturated carbocycles. The summed E-state index contributed by atoms with van der Waals surface area (Å²) in [4.78, 5) is 41.5. The molecule has 3 rings (SSSR count). The average molecular weight is 510 g/mol. The van der Waals surface area contributed by atoms with Crippen molar-refractivity contribution in [2.24, 2.45) is 28.3 Å². The SMILES string of the molecule is C[C@H](N)C(=O)NC(=O)[C@@H]1CC(C2CCCCC2)CN1Cc1ccc(C(N)=NCC(=O)O)c(O)c1.Cl. The topological polar surface area (TPSA) is 171 Å². The number of phenolic OH excluding ortho intramolecular Hbond substituents is 1. The molecule has 2 amide bonds. The third-order valence-corrected chi connectivity index (χ3v) is 6.82. The van der Waals surface area contributed by atoms with Gasteiger partial charge in [0.25, 0.3) is 0 Å². The van der Waals surface area contributed by atoms with E-state index in [-0.39, 0.29) is 35.5 Å². The van der Waals surface area contributed by atoms with Crippen molar-refractivity contribution in [1.29, 1.82) is 0 Å². The third-order valence-electron chi connectivity index (χ3n) is 6.82. The predicted molar refractivity (Wildman–Crippen MR) is 134 cm³/mol. The van der Waals surface area contributed by atoms with E-state index in [2.05, 4.69) is 15.2 Å². The fourth-order valence-corrected chi connectivity index (χ4v) is 5.02. The highest BCUT2D eigenvalue weighted by Crippen LogP contribution is 2.38. The molecule has 7 N–H and O–H groups in total. The fraction of sp³-hybridized carbons (Fsp3) is 0.583. The number of phenols is 1. The molecule has 3 atom stereocenters. The van der Waals surface area contributed by atoms with Crippen molar-refractivity contribution in [1.82, 2.24) is 10.2 Å². The van der Waals surface area contributed by atoms with Crippen molar-refractivity contribution in [3.05, 3.63) is 29.3 Å². The van der Waals surface area contributed by atoms with Crippen LogP contribution in [0, 0.1) is 11.8 Å². The Morgan fingerprint density at radius 1 is 1.20 bits per heavy atom. The third kappa shape index (κ3) is 7.65. The maximum atomic E-state index is 13.0. The van der Waals surface area contributed by atoms with Gasteiger partial charge in [0.1, 0.15) is 18.1 Å².